The molecule has 0 bridgehead atoms. The Bertz CT molecular complexity index is 439. The van der Waals surface area contributed by atoms with Crippen LogP contribution in [0.4, 0.5) is 0 Å². The Hall–Kier alpha value is -1.43. The van der Waals surface area contributed by atoms with Crippen molar-refractivity contribution in [1.82, 2.24) is 10.2 Å². The zero-order valence-corrected chi connectivity index (χ0v) is 13.2. The standard InChI is InChI=1S/C17H27N3O2/c18-8-4-5-9-19-17(21)12-16-14-20(10-11-22-16)13-15-6-2-1-3-7-15/h1-3,6-7,16H,4-5,8-14,18H2,(H,19,21). The lowest BCUT2D eigenvalue weighted by Crippen LogP contribution is -2.44. The minimum Gasteiger partial charge on any atom is -0.375 e. The van der Waals surface area contributed by atoms with Gasteiger partial charge in [0.25, 0.3) is 0 Å². The van der Waals surface area contributed by atoms with Gasteiger partial charge in [0.2, 0.25) is 5.91 Å². The van der Waals surface area contributed by atoms with E-state index in [4.69, 9.17) is 10.5 Å². The fourth-order valence-corrected chi connectivity index (χ4v) is 2.67. The lowest BCUT2D eigenvalue weighted by atomic mass is 10.1. The van der Waals surface area contributed by atoms with Gasteiger partial charge in [0.1, 0.15) is 0 Å². The number of benzene rings is 1. The molecule has 0 spiro atoms. The second-order valence-electron chi connectivity index (χ2n) is 5.76. The van der Waals surface area contributed by atoms with Crippen molar-refractivity contribution >= 4 is 5.91 Å². The van der Waals surface area contributed by atoms with E-state index in [1.807, 2.05) is 6.07 Å². The van der Waals surface area contributed by atoms with Crippen molar-refractivity contribution in [3.05, 3.63) is 35.9 Å². The van der Waals surface area contributed by atoms with Crippen molar-refractivity contribution in [2.24, 2.45) is 5.73 Å². The number of carbonyl (C=O) groups is 1. The highest BCUT2D eigenvalue weighted by Gasteiger charge is 2.22. The quantitative estimate of drug-likeness (QED) is 0.707. The van der Waals surface area contributed by atoms with Gasteiger partial charge >= 0.3 is 0 Å². The van der Waals surface area contributed by atoms with Crippen LogP contribution >= 0.6 is 0 Å². The number of hydrogen-bond donors (Lipinski definition) is 2. The van der Waals surface area contributed by atoms with Gasteiger partial charge in [-0.2, -0.15) is 0 Å². The second kappa shape index (κ2) is 9.56. The van der Waals surface area contributed by atoms with Crippen LogP contribution in [0.15, 0.2) is 30.3 Å². The summed E-state index contributed by atoms with van der Waals surface area (Å²) in [6, 6.07) is 10.4. The first-order chi connectivity index (χ1) is 10.8. The lowest BCUT2D eigenvalue weighted by molar-refractivity contribution is -0.126. The van der Waals surface area contributed by atoms with E-state index in [1.165, 1.54) is 5.56 Å². The number of amides is 1. The molecule has 3 N–H and O–H groups in total. The molecular formula is C17H27N3O2. The SMILES string of the molecule is NCCCCNC(=O)CC1CN(Cc2ccccc2)CCO1. The second-order valence-corrected chi connectivity index (χ2v) is 5.76. The average molecular weight is 305 g/mol. The van der Waals surface area contributed by atoms with E-state index in [1.54, 1.807) is 0 Å². The minimum atomic E-state index is -0.00743. The first-order valence-corrected chi connectivity index (χ1v) is 8.12. The number of nitrogens with two attached hydrogens (primary N) is 1. The molecule has 122 valence electrons. The number of carbonyl (C=O) groups excluding carboxylic acids is 1. The number of nitrogens with zero attached hydrogens (tertiary/aromatic N) is 1. The predicted octanol–water partition coefficient (Wildman–Crippen LogP) is 1.13. The predicted molar refractivity (Wildman–Crippen MR) is 87.4 cm³/mol. The van der Waals surface area contributed by atoms with Crippen molar-refractivity contribution in [1.29, 1.82) is 0 Å². The number of ether oxygens (including phenoxy) is 1. The molecule has 1 saturated heterocycles. The van der Waals surface area contributed by atoms with E-state index >= 15 is 0 Å². The molecule has 1 atom stereocenters. The Kier molecular flexibility index (Phi) is 7.36. The summed E-state index contributed by atoms with van der Waals surface area (Å²) in [6.45, 7) is 4.72. The summed E-state index contributed by atoms with van der Waals surface area (Å²) in [6.07, 6.45) is 2.32. The van der Waals surface area contributed by atoms with Crippen LogP contribution in [0.3, 0.4) is 0 Å². The van der Waals surface area contributed by atoms with Crippen LogP contribution in [0.1, 0.15) is 24.8 Å². The Morgan fingerprint density at radius 1 is 1.32 bits per heavy atom. The Labute approximate surface area is 132 Å². The molecule has 0 aliphatic carbocycles. The summed E-state index contributed by atoms with van der Waals surface area (Å²) in [5, 5.41) is 2.94. The molecule has 1 aromatic rings. The molecule has 1 aliphatic heterocycles. The fraction of sp³-hybridized carbons (Fsp3) is 0.588. The third-order valence-electron chi connectivity index (χ3n) is 3.84. The maximum atomic E-state index is 11.9. The third-order valence-corrected chi connectivity index (χ3v) is 3.84. The molecule has 22 heavy (non-hydrogen) atoms. The molecule has 1 heterocycles. The fourth-order valence-electron chi connectivity index (χ4n) is 2.67. The number of unbranched alkanes of at least 4 members (excludes halogenated alkanes) is 1. The van der Waals surface area contributed by atoms with Crippen molar-refractivity contribution < 1.29 is 9.53 Å². The summed E-state index contributed by atoms with van der Waals surface area (Å²) in [5.74, 6) is 0.0728. The Morgan fingerprint density at radius 3 is 2.91 bits per heavy atom. The lowest BCUT2D eigenvalue weighted by Gasteiger charge is -2.32. The number of hydrogen-bond acceptors (Lipinski definition) is 4. The molecule has 1 aromatic carbocycles. The molecule has 1 unspecified atom stereocenters. The molecule has 0 aromatic heterocycles. The molecule has 0 saturated carbocycles. The van der Waals surface area contributed by atoms with Crippen molar-refractivity contribution in [2.45, 2.75) is 31.9 Å². The van der Waals surface area contributed by atoms with E-state index < -0.39 is 0 Å². The smallest absolute Gasteiger partial charge is 0.222 e. The van der Waals surface area contributed by atoms with Crippen molar-refractivity contribution in [3.63, 3.8) is 0 Å². The molecular weight excluding hydrogens is 278 g/mol. The largest absolute Gasteiger partial charge is 0.375 e. The van der Waals surface area contributed by atoms with E-state index in [2.05, 4.69) is 34.5 Å². The van der Waals surface area contributed by atoms with Crippen LogP contribution in [0.5, 0.6) is 0 Å². The van der Waals surface area contributed by atoms with E-state index in [0.717, 1.165) is 32.5 Å². The van der Waals surface area contributed by atoms with Gasteiger partial charge in [-0.25, -0.2) is 0 Å². The summed E-state index contributed by atoms with van der Waals surface area (Å²) in [4.78, 5) is 14.3. The molecule has 5 nitrogen and oxygen atoms in total. The highest BCUT2D eigenvalue weighted by atomic mass is 16.5. The highest BCUT2D eigenvalue weighted by molar-refractivity contribution is 5.76. The normalized spacial score (nSPS) is 19.0. The zero-order valence-electron chi connectivity index (χ0n) is 13.2. The van der Waals surface area contributed by atoms with E-state index in [0.29, 0.717) is 26.1 Å². The first kappa shape index (κ1) is 16.9. The molecule has 1 fully saturated rings. The van der Waals surface area contributed by atoms with Crippen LogP contribution < -0.4 is 11.1 Å². The van der Waals surface area contributed by atoms with Crippen LogP contribution in [-0.2, 0) is 16.1 Å². The van der Waals surface area contributed by atoms with Gasteiger partial charge in [-0.1, -0.05) is 30.3 Å². The van der Waals surface area contributed by atoms with Gasteiger partial charge in [-0.15, -0.1) is 0 Å². The average Bonchev–Trinajstić information content (AvgIpc) is 2.53. The van der Waals surface area contributed by atoms with E-state index in [9.17, 15) is 4.79 Å². The van der Waals surface area contributed by atoms with Gasteiger partial charge in [0.05, 0.1) is 19.1 Å². The summed E-state index contributed by atoms with van der Waals surface area (Å²) < 4.78 is 5.72. The number of rotatable bonds is 8. The topological polar surface area (TPSA) is 67.6 Å². The molecule has 2 rings (SSSR count). The van der Waals surface area contributed by atoms with E-state index in [-0.39, 0.29) is 12.0 Å². The number of nitrogens with one attached hydrogen (secondary N) is 1. The number of morpholine rings is 1. The molecule has 1 aliphatic rings. The van der Waals surface area contributed by atoms with Crippen LogP contribution in [0.25, 0.3) is 0 Å². The maximum Gasteiger partial charge on any atom is 0.222 e. The highest BCUT2D eigenvalue weighted by Crippen LogP contribution is 2.12. The van der Waals surface area contributed by atoms with Gasteiger partial charge in [0.15, 0.2) is 0 Å². The zero-order chi connectivity index (χ0) is 15.6. The summed E-state index contributed by atoms with van der Waals surface area (Å²) >= 11 is 0. The summed E-state index contributed by atoms with van der Waals surface area (Å²) in [5.41, 5.74) is 6.74. The Morgan fingerprint density at radius 2 is 2.14 bits per heavy atom. The van der Waals surface area contributed by atoms with Gasteiger partial charge in [0, 0.05) is 26.2 Å². The van der Waals surface area contributed by atoms with Gasteiger partial charge in [-0.05, 0) is 24.9 Å². The van der Waals surface area contributed by atoms with Crippen LogP contribution in [0, 0.1) is 0 Å². The monoisotopic (exact) mass is 305 g/mol. The van der Waals surface area contributed by atoms with Crippen LogP contribution in [-0.4, -0.2) is 49.7 Å². The molecule has 5 heteroatoms. The molecule has 1 amide bonds. The summed E-state index contributed by atoms with van der Waals surface area (Å²) in [7, 11) is 0. The van der Waals surface area contributed by atoms with Crippen LogP contribution in [0.2, 0.25) is 0 Å². The molecule has 0 radical (unpaired) electrons. The van der Waals surface area contributed by atoms with Gasteiger partial charge in [-0.3, -0.25) is 9.69 Å². The Balaban J connectivity index is 1.70. The first-order valence-electron chi connectivity index (χ1n) is 8.12. The third kappa shape index (κ3) is 6.13. The van der Waals surface area contributed by atoms with Gasteiger partial charge < -0.3 is 15.8 Å². The maximum absolute atomic E-state index is 11.9. The van der Waals surface area contributed by atoms with Crippen molar-refractivity contribution in [3.8, 4) is 0 Å². The minimum absolute atomic E-state index is 0.00743. The van der Waals surface area contributed by atoms with Crippen molar-refractivity contribution in [2.75, 3.05) is 32.8 Å².